The second-order valence-corrected chi connectivity index (χ2v) is 7.06. The van der Waals surface area contributed by atoms with Gasteiger partial charge in [0.1, 0.15) is 0 Å². The van der Waals surface area contributed by atoms with E-state index in [1.165, 1.54) is 48.6 Å². The Balaban J connectivity index is 1.91. The first-order valence-corrected chi connectivity index (χ1v) is 9.94. The van der Waals surface area contributed by atoms with Gasteiger partial charge < -0.3 is 19.8 Å². The predicted molar refractivity (Wildman–Crippen MR) is 126 cm³/mol. The van der Waals surface area contributed by atoms with Crippen LogP contribution in [-0.2, 0) is 0 Å². The average molecular weight is 464 g/mol. The fraction of sp³-hybridized carbons (Fsp3) is 0.0385. The molecular weight excluding hydrogens is 448 g/mol. The number of aromatic carboxylic acids is 2. The zero-order chi connectivity index (χ0) is 25.5. The van der Waals surface area contributed by atoms with Crippen LogP contribution in [0.1, 0.15) is 26.3 Å². The molecular formula is C26H16N4O5. The molecule has 0 bridgehead atoms. The van der Waals surface area contributed by atoms with E-state index in [1.807, 2.05) is 6.07 Å². The van der Waals surface area contributed by atoms with E-state index in [1.54, 1.807) is 36.2 Å². The Morgan fingerprint density at radius 2 is 1.63 bits per heavy atom. The molecule has 35 heavy (non-hydrogen) atoms. The summed E-state index contributed by atoms with van der Waals surface area (Å²) >= 11 is 0. The van der Waals surface area contributed by atoms with Crippen molar-refractivity contribution in [2.45, 2.75) is 0 Å². The molecule has 0 atom stereocenters. The summed E-state index contributed by atoms with van der Waals surface area (Å²) in [5.74, 6) is -1.26. The number of carbonyl (C=O) groups is 2. The van der Waals surface area contributed by atoms with E-state index in [0.717, 1.165) is 0 Å². The number of rotatable bonds is 6. The van der Waals surface area contributed by atoms with Gasteiger partial charge in [0, 0.05) is 12.6 Å². The van der Waals surface area contributed by atoms with Crippen molar-refractivity contribution in [3.63, 3.8) is 0 Å². The maximum atomic E-state index is 11.2. The molecule has 0 spiro atoms. The van der Waals surface area contributed by atoms with E-state index in [9.17, 15) is 25.2 Å². The van der Waals surface area contributed by atoms with Gasteiger partial charge in [0.05, 0.1) is 41.1 Å². The van der Waals surface area contributed by atoms with E-state index in [-0.39, 0.29) is 28.0 Å². The summed E-state index contributed by atoms with van der Waals surface area (Å²) in [4.78, 5) is 27.2. The number of ether oxygens (including phenoxy) is 1. The Labute approximate surface area is 200 Å². The normalized spacial score (nSPS) is 14.4. The molecule has 0 amide bonds. The Hall–Kier alpha value is -5.59. The van der Waals surface area contributed by atoms with E-state index >= 15 is 0 Å². The lowest BCUT2D eigenvalue weighted by molar-refractivity contribution is 0.0686. The molecule has 9 nitrogen and oxygen atoms in total. The van der Waals surface area contributed by atoms with Crippen LogP contribution in [-0.4, -0.2) is 29.2 Å². The van der Waals surface area contributed by atoms with Crippen LogP contribution in [0.25, 0.3) is 10.4 Å². The summed E-state index contributed by atoms with van der Waals surface area (Å²) in [6, 6.07) is 13.8. The smallest absolute Gasteiger partial charge is 0.335 e. The van der Waals surface area contributed by atoms with Gasteiger partial charge in [-0.25, -0.2) is 19.7 Å². The number of anilines is 1. The summed E-state index contributed by atoms with van der Waals surface area (Å²) in [6.45, 7) is 7.30. The van der Waals surface area contributed by atoms with Gasteiger partial charge in [-0.3, -0.25) is 0 Å². The van der Waals surface area contributed by atoms with Crippen molar-refractivity contribution in [2.75, 3.05) is 11.9 Å². The Morgan fingerprint density at radius 3 is 2.20 bits per heavy atom. The largest absolute Gasteiger partial charge is 0.478 e. The lowest BCUT2D eigenvalue weighted by Crippen LogP contribution is -2.13. The van der Waals surface area contributed by atoms with Crippen molar-refractivity contribution in [1.29, 1.82) is 10.5 Å². The van der Waals surface area contributed by atoms with Crippen molar-refractivity contribution in [3.8, 4) is 17.9 Å². The molecule has 0 unspecified atom stereocenters. The highest BCUT2D eigenvalue weighted by molar-refractivity contribution is 5.91. The molecule has 9 heteroatoms. The SMILES string of the molecule is [C-]#[N+]/C(C#N)=C(/C(C#N)=C/C=C/C=C1\Oc2ccc(C(=O)O)cc2N1C)c1ccc(C(=O)O)cc1. The molecule has 2 N–H and O–H groups in total. The number of nitrogens with zero attached hydrogens (tertiary/aromatic N) is 4. The molecule has 2 aromatic carbocycles. The molecule has 0 saturated heterocycles. The minimum Gasteiger partial charge on any atom is -0.478 e. The fourth-order valence-electron chi connectivity index (χ4n) is 3.25. The van der Waals surface area contributed by atoms with Crippen LogP contribution in [0, 0.1) is 29.2 Å². The van der Waals surface area contributed by atoms with Gasteiger partial charge in [0.2, 0.25) is 0 Å². The summed E-state index contributed by atoms with van der Waals surface area (Å²) in [6.07, 6.45) is 6.14. The molecule has 0 saturated carbocycles. The first-order chi connectivity index (χ1) is 16.8. The standard InChI is InChI=1S/C26H16N4O5/c1-29-20(15-28)24(16-7-9-17(10-8-16)25(31)32)19(14-27)5-3-4-6-23-30(2)21-13-18(26(33)34)11-12-22(21)35-23/h3-13H,2H3,(H,31,32)(H,33,34)/b4-3+,19-5+,23-6-,24-20+. The van der Waals surface area contributed by atoms with Crippen LogP contribution in [0.4, 0.5) is 5.69 Å². The minimum atomic E-state index is -1.12. The number of hydrogen-bond acceptors (Lipinski definition) is 6. The van der Waals surface area contributed by atoms with Crippen LogP contribution in [0.15, 0.2) is 83.9 Å². The molecule has 1 heterocycles. The first-order valence-electron chi connectivity index (χ1n) is 9.94. The number of hydrogen-bond donors (Lipinski definition) is 2. The topological polar surface area (TPSA) is 139 Å². The predicted octanol–water partition coefficient (Wildman–Crippen LogP) is 4.61. The third-order valence-electron chi connectivity index (χ3n) is 4.99. The molecule has 1 aliphatic rings. The van der Waals surface area contributed by atoms with Crippen molar-refractivity contribution in [1.82, 2.24) is 0 Å². The van der Waals surface area contributed by atoms with Crippen molar-refractivity contribution >= 4 is 23.2 Å². The maximum absolute atomic E-state index is 11.2. The van der Waals surface area contributed by atoms with E-state index in [4.69, 9.17) is 16.4 Å². The number of carboxylic acid groups (broad SMARTS) is 2. The summed E-state index contributed by atoms with van der Waals surface area (Å²) in [5.41, 5.74) is 0.903. The minimum absolute atomic E-state index is 0.0283. The second kappa shape index (κ2) is 10.4. The zero-order valence-corrected chi connectivity index (χ0v) is 18.3. The maximum Gasteiger partial charge on any atom is 0.335 e. The quantitative estimate of drug-likeness (QED) is 0.359. The number of fused-ring (bicyclic) bond motifs is 1. The highest BCUT2D eigenvalue weighted by Gasteiger charge is 2.23. The summed E-state index contributed by atoms with van der Waals surface area (Å²) in [5, 5.41) is 37.3. The van der Waals surface area contributed by atoms with Crippen LogP contribution in [0.3, 0.4) is 0 Å². The number of carboxylic acids is 2. The van der Waals surface area contributed by atoms with Crippen LogP contribution in [0.5, 0.6) is 5.75 Å². The van der Waals surface area contributed by atoms with E-state index in [2.05, 4.69) is 4.85 Å². The van der Waals surface area contributed by atoms with Gasteiger partial charge >= 0.3 is 11.9 Å². The van der Waals surface area contributed by atoms with E-state index in [0.29, 0.717) is 22.9 Å². The Kier molecular flexibility index (Phi) is 7.12. The second-order valence-electron chi connectivity index (χ2n) is 7.06. The van der Waals surface area contributed by atoms with Gasteiger partial charge in [-0.1, -0.05) is 24.3 Å². The average Bonchev–Trinajstić information content (AvgIpc) is 3.17. The lowest BCUT2D eigenvalue weighted by atomic mass is 9.95. The Bertz CT molecular complexity index is 1440. The highest BCUT2D eigenvalue weighted by atomic mass is 16.5. The molecule has 2 aromatic rings. The van der Waals surface area contributed by atoms with Gasteiger partial charge in [-0.05, 0) is 48.0 Å². The lowest BCUT2D eigenvalue weighted by Gasteiger charge is -2.10. The molecule has 1 aliphatic heterocycles. The Morgan fingerprint density at radius 1 is 1.00 bits per heavy atom. The van der Waals surface area contributed by atoms with Gasteiger partial charge in [-0.2, -0.15) is 5.26 Å². The van der Waals surface area contributed by atoms with Gasteiger partial charge in [0.15, 0.2) is 11.6 Å². The number of nitriles is 2. The van der Waals surface area contributed by atoms with Crippen LogP contribution >= 0.6 is 0 Å². The third kappa shape index (κ3) is 5.09. The molecule has 170 valence electrons. The van der Waals surface area contributed by atoms with Crippen LogP contribution < -0.4 is 9.64 Å². The third-order valence-corrected chi connectivity index (χ3v) is 4.99. The highest BCUT2D eigenvalue weighted by Crippen LogP contribution is 2.38. The molecule has 0 radical (unpaired) electrons. The molecule has 0 aliphatic carbocycles. The molecule has 0 fully saturated rings. The van der Waals surface area contributed by atoms with Crippen molar-refractivity contribution in [3.05, 3.63) is 112 Å². The number of benzene rings is 2. The number of allylic oxidation sites excluding steroid dienone is 7. The first kappa shape index (κ1) is 24.1. The van der Waals surface area contributed by atoms with Crippen LogP contribution in [0.2, 0.25) is 0 Å². The monoisotopic (exact) mass is 464 g/mol. The molecule has 3 rings (SSSR count). The van der Waals surface area contributed by atoms with E-state index < -0.39 is 11.9 Å². The van der Waals surface area contributed by atoms with Gasteiger partial charge in [0.25, 0.3) is 5.70 Å². The zero-order valence-electron chi connectivity index (χ0n) is 18.3. The van der Waals surface area contributed by atoms with Gasteiger partial charge in [-0.15, -0.1) is 0 Å². The fourth-order valence-corrected chi connectivity index (χ4v) is 3.25. The molecule has 0 aromatic heterocycles. The van der Waals surface area contributed by atoms with Crippen molar-refractivity contribution in [2.24, 2.45) is 0 Å². The summed E-state index contributed by atoms with van der Waals surface area (Å²) in [7, 11) is 1.71. The summed E-state index contributed by atoms with van der Waals surface area (Å²) < 4.78 is 5.72. The van der Waals surface area contributed by atoms with Crippen molar-refractivity contribution < 1.29 is 24.5 Å².